The maximum atomic E-state index is 11.2. The Morgan fingerprint density at radius 3 is 2.86 bits per heavy atom. The summed E-state index contributed by atoms with van der Waals surface area (Å²) >= 11 is 3.28. The van der Waals surface area contributed by atoms with Gasteiger partial charge in [-0.2, -0.15) is 0 Å². The summed E-state index contributed by atoms with van der Waals surface area (Å²) in [7, 11) is 0. The number of ether oxygens (including phenoxy) is 2. The van der Waals surface area contributed by atoms with E-state index in [1.54, 1.807) is 18.2 Å². The molecule has 2 fully saturated rings. The average molecular weight is 355 g/mol. The smallest absolute Gasteiger partial charge is 0.339 e. The fraction of sp³-hybridized carbons (Fsp3) is 0.562. The van der Waals surface area contributed by atoms with Crippen molar-refractivity contribution in [3.8, 4) is 5.75 Å². The lowest BCUT2D eigenvalue weighted by Crippen LogP contribution is -2.27. The molecule has 0 aromatic heterocycles. The first-order valence-corrected chi connectivity index (χ1v) is 8.21. The van der Waals surface area contributed by atoms with Crippen molar-refractivity contribution in [1.29, 1.82) is 0 Å². The number of carbonyl (C=O) groups is 1. The van der Waals surface area contributed by atoms with Crippen LogP contribution in [0.5, 0.6) is 5.75 Å². The minimum atomic E-state index is -0.981. The summed E-state index contributed by atoms with van der Waals surface area (Å²) in [6.07, 6.45) is 7.00. The van der Waals surface area contributed by atoms with Gasteiger partial charge in [0.15, 0.2) is 0 Å². The number of hydrogen-bond acceptors (Lipinski definition) is 3. The van der Waals surface area contributed by atoms with E-state index in [-0.39, 0.29) is 17.3 Å². The van der Waals surface area contributed by atoms with Gasteiger partial charge in [-0.25, -0.2) is 4.79 Å². The van der Waals surface area contributed by atoms with Gasteiger partial charge in [0.2, 0.25) is 0 Å². The fourth-order valence-corrected chi connectivity index (χ4v) is 3.74. The van der Waals surface area contributed by atoms with Gasteiger partial charge in [0.1, 0.15) is 17.9 Å². The second-order valence-electron chi connectivity index (χ2n) is 5.93. The zero-order valence-corrected chi connectivity index (χ0v) is 13.4. The van der Waals surface area contributed by atoms with Crippen LogP contribution in [0.25, 0.3) is 0 Å². The SMILES string of the molecule is O=C(O)c1cc(Br)ccc1OCC1CCC2(CCCC2)O1. The first-order valence-electron chi connectivity index (χ1n) is 7.41. The minimum Gasteiger partial charge on any atom is -0.490 e. The van der Waals surface area contributed by atoms with Crippen LogP contribution in [0, 0.1) is 0 Å². The van der Waals surface area contributed by atoms with Crippen molar-refractivity contribution in [2.24, 2.45) is 0 Å². The van der Waals surface area contributed by atoms with Gasteiger partial charge in [0.05, 0.1) is 11.7 Å². The van der Waals surface area contributed by atoms with Crippen LogP contribution in [0.4, 0.5) is 0 Å². The van der Waals surface area contributed by atoms with Crippen LogP contribution in [0.15, 0.2) is 22.7 Å². The molecule has 1 unspecified atom stereocenters. The molecule has 114 valence electrons. The van der Waals surface area contributed by atoms with Gasteiger partial charge in [-0.05, 0) is 43.9 Å². The monoisotopic (exact) mass is 354 g/mol. The molecule has 0 radical (unpaired) electrons. The number of aromatic carboxylic acids is 1. The van der Waals surface area contributed by atoms with E-state index < -0.39 is 5.97 Å². The average Bonchev–Trinajstić information content (AvgIpc) is 3.08. The zero-order valence-electron chi connectivity index (χ0n) is 11.8. The highest BCUT2D eigenvalue weighted by atomic mass is 79.9. The van der Waals surface area contributed by atoms with Crippen LogP contribution in [-0.2, 0) is 4.74 Å². The molecule has 5 heteroatoms. The van der Waals surface area contributed by atoms with Crippen LogP contribution in [0.3, 0.4) is 0 Å². The third-order valence-corrected chi connectivity index (χ3v) is 4.94. The molecule has 1 aliphatic carbocycles. The Morgan fingerprint density at radius 1 is 1.38 bits per heavy atom. The van der Waals surface area contributed by atoms with E-state index in [9.17, 15) is 9.90 Å². The van der Waals surface area contributed by atoms with Crippen LogP contribution in [-0.4, -0.2) is 29.4 Å². The third-order valence-electron chi connectivity index (χ3n) is 4.45. The predicted molar refractivity (Wildman–Crippen MR) is 81.9 cm³/mol. The molecule has 1 heterocycles. The highest BCUT2D eigenvalue weighted by molar-refractivity contribution is 9.10. The molecule has 1 aliphatic heterocycles. The lowest BCUT2D eigenvalue weighted by molar-refractivity contribution is -0.0509. The van der Waals surface area contributed by atoms with Gasteiger partial charge in [-0.3, -0.25) is 0 Å². The topological polar surface area (TPSA) is 55.8 Å². The summed E-state index contributed by atoms with van der Waals surface area (Å²) in [5.41, 5.74) is 0.265. The molecule has 3 rings (SSSR count). The first kappa shape index (κ1) is 14.9. The Labute approximate surface area is 132 Å². The number of rotatable bonds is 4. The van der Waals surface area contributed by atoms with E-state index in [4.69, 9.17) is 9.47 Å². The van der Waals surface area contributed by atoms with Crippen molar-refractivity contribution in [3.63, 3.8) is 0 Å². The number of hydrogen-bond donors (Lipinski definition) is 1. The number of halogens is 1. The Kier molecular flexibility index (Phi) is 4.22. The van der Waals surface area contributed by atoms with E-state index in [1.165, 1.54) is 12.8 Å². The van der Waals surface area contributed by atoms with Gasteiger partial charge < -0.3 is 14.6 Å². The van der Waals surface area contributed by atoms with Crippen molar-refractivity contribution >= 4 is 21.9 Å². The maximum Gasteiger partial charge on any atom is 0.339 e. The quantitative estimate of drug-likeness (QED) is 0.887. The van der Waals surface area contributed by atoms with Crippen molar-refractivity contribution in [1.82, 2.24) is 0 Å². The van der Waals surface area contributed by atoms with Crippen molar-refractivity contribution < 1.29 is 19.4 Å². The Balaban J connectivity index is 1.62. The van der Waals surface area contributed by atoms with Gasteiger partial charge in [0.25, 0.3) is 0 Å². The largest absolute Gasteiger partial charge is 0.490 e. The van der Waals surface area contributed by atoms with Crippen LogP contribution in [0.2, 0.25) is 0 Å². The van der Waals surface area contributed by atoms with E-state index in [0.29, 0.717) is 12.4 Å². The molecule has 2 aliphatic rings. The Hall–Kier alpha value is -1.07. The maximum absolute atomic E-state index is 11.2. The van der Waals surface area contributed by atoms with E-state index >= 15 is 0 Å². The molecule has 0 amide bonds. The summed E-state index contributed by atoms with van der Waals surface area (Å²) in [4.78, 5) is 11.2. The number of carboxylic acid groups (broad SMARTS) is 1. The molecular weight excluding hydrogens is 336 g/mol. The number of carboxylic acids is 1. The summed E-state index contributed by atoms with van der Waals surface area (Å²) in [6, 6.07) is 5.04. The molecule has 1 atom stereocenters. The second kappa shape index (κ2) is 5.97. The summed E-state index contributed by atoms with van der Waals surface area (Å²) in [5.74, 6) is -0.576. The van der Waals surface area contributed by atoms with Crippen LogP contribution >= 0.6 is 15.9 Å². The van der Waals surface area contributed by atoms with Gasteiger partial charge >= 0.3 is 5.97 Å². The normalized spacial score (nSPS) is 23.6. The Morgan fingerprint density at radius 2 is 2.14 bits per heavy atom. The second-order valence-corrected chi connectivity index (χ2v) is 6.84. The summed E-state index contributed by atoms with van der Waals surface area (Å²) in [6.45, 7) is 0.420. The van der Waals surface area contributed by atoms with E-state index in [1.807, 2.05) is 0 Å². The first-order chi connectivity index (χ1) is 10.1. The van der Waals surface area contributed by atoms with Gasteiger partial charge in [-0.15, -0.1) is 0 Å². The molecule has 1 aromatic rings. The van der Waals surface area contributed by atoms with Crippen LogP contribution in [0.1, 0.15) is 48.9 Å². The van der Waals surface area contributed by atoms with Crippen molar-refractivity contribution in [3.05, 3.63) is 28.2 Å². The number of benzene rings is 1. The third kappa shape index (κ3) is 3.24. The van der Waals surface area contributed by atoms with E-state index in [2.05, 4.69) is 15.9 Å². The molecule has 4 nitrogen and oxygen atoms in total. The summed E-state index contributed by atoms with van der Waals surface area (Å²) < 4.78 is 12.6. The minimum absolute atomic E-state index is 0.0772. The molecule has 1 saturated heterocycles. The molecule has 1 aromatic carbocycles. The Bertz CT molecular complexity index is 537. The highest BCUT2D eigenvalue weighted by Crippen LogP contribution is 2.43. The lowest BCUT2D eigenvalue weighted by Gasteiger charge is -2.24. The lowest BCUT2D eigenvalue weighted by atomic mass is 9.98. The molecule has 21 heavy (non-hydrogen) atoms. The van der Waals surface area contributed by atoms with E-state index in [0.717, 1.165) is 30.2 Å². The molecular formula is C16H19BrO4. The molecule has 1 spiro atoms. The van der Waals surface area contributed by atoms with Gasteiger partial charge in [0, 0.05) is 4.47 Å². The summed E-state index contributed by atoms with van der Waals surface area (Å²) in [5, 5.41) is 9.22. The zero-order chi connectivity index (χ0) is 14.9. The van der Waals surface area contributed by atoms with Crippen molar-refractivity contribution in [2.75, 3.05) is 6.61 Å². The van der Waals surface area contributed by atoms with Crippen molar-refractivity contribution in [2.45, 2.75) is 50.2 Å². The molecule has 0 bridgehead atoms. The van der Waals surface area contributed by atoms with Gasteiger partial charge in [-0.1, -0.05) is 28.8 Å². The highest BCUT2D eigenvalue weighted by Gasteiger charge is 2.42. The standard InChI is InChI=1S/C16H19BrO4/c17-11-3-4-14(13(9-11)15(18)19)20-10-12-5-8-16(21-12)6-1-2-7-16/h3-4,9,12H,1-2,5-8,10H2,(H,18,19). The van der Waals surface area contributed by atoms with Crippen LogP contribution < -0.4 is 4.74 Å². The molecule has 1 saturated carbocycles. The molecule has 1 N–H and O–H groups in total. The predicted octanol–water partition coefficient (Wildman–Crippen LogP) is 4.02. The fourth-order valence-electron chi connectivity index (χ4n) is 3.38.